The average Bonchev–Trinajstić information content (AvgIpc) is 2.41. The monoisotopic (exact) mass is 338 g/mol. The molecule has 0 bridgehead atoms. The van der Waals surface area contributed by atoms with E-state index in [2.05, 4.69) is 0 Å². The molecule has 7 heteroatoms. The molecule has 0 spiro atoms. The van der Waals surface area contributed by atoms with Gasteiger partial charge in [-0.25, -0.2) is 4.79 Å². The molecule has 1 N–H and O–H groups in total. The van der Waals surface area contributed by atoms with Crippen LogP contribution < -0.4 is 0 Å². The number of rotatable bonds is 7. The molecule has 0 aliphatic carbocycles. The Morgan fingerprint density at radius 1 is 1.38 bits per heavy atom. The Hall–Kier alpha value is -1.01. The summed E-state index contributed by atoms with van der Waals surface area (Å²) in [7, 11) is -1.71. The summed E-state index contributed by atoms with van der Waals surface area (Å²) < 4.78 is 39.4. The zero-order valence-electron chi connectivity index (χ0n) is 11.8. The van der Waals surface area contributed by atoms with Crippen molar-refractivity contribution in [3.63, 3.8) is 0 Å². The van der Waals surface area contributed by atoms with Gasteiger partial charge in [0.1, 0.15) is 0 Å². The molecule has 0 saturated carbocycles. The zero-order valence-corrected chi connectivity index (χ0v) is 13.4. The van der Waals surface area contributed by atoms with E-state index in [0.717, 1.165) is 18.6 Å². The molecule has 0 fully saturated rings. The number of aromatic carboxylic acids is 1. The Bertz CT molecular complexity index is 556. The minimum atomic E-state index is -3.68. The molecule has 1 rings (SSSR count). The van der Waals surface area contributed by atoms with Crippen LogP contribution in [0.5, 0.6) is 0 Å². The zero-order chi connectivity index (χ0) is 16.2. The summed E-state index contributed by atoms with van der Waals surface area (Å²) in [6.07, 6.45) is 1.55. The van der Waals surface area contributed by atoms with Crippen molar-refractivity contribution >= 4 is 28.4 Å². The highest BCUT2D eigenvalue weighted by Gasteiger charge is 2.35. The topological polar surface area (TPSA) is 54.4 Å². The molecule has 0 amide bonds. The molecular weight excluding hydrogens is 322 g/mol. The molecular formula is C14H17ClF2O3S. The van der Waals surface area contributed by atoms with Gasteiger partial charge in [-0.2, -0.15) is 8.78 Å². The van der Waals surface area contributed by atoms with Gasteiger partial charge in [0.2, 0.25) is 0 Å². The van der Waals surface area contributed by atoms with Crippen molar-refractivity contribution in [2.45, 2.75) is 43.4 Å². The number of carboxylic acids is 1. The van der Waals surface area contributed by atoms with Crippen LogP contribution in [0.1, 0.15) is 48.2 Å². The SMILES string of the molecule is CCCC[S@](=O)c1c(C(F)(F)Cl)ccc(C(=O)O)c1CC. The molecule has 0 unspecified atom stereocenters. The quantitative estimate of drug-likeness (QED) is 0.760. The van der Waals surface area contributed by atoms with Crippen LogP contribution in [0.2, 0.25) is 0 Å². The van der Waals surface area contributed by atoms with Crippen molar-refractivity contribution < 1.29 is 22.9 Å². The van der Waals surface area contributed by atoms with Crippen LogP contribution in [-0.2, 0) is 22.6 Å². The second kappa shape index (κ2) is 7.31. The van der Waals surface area contributed by atoms with E-state index in [9.17, 15) is 17.8 Å². The standard InChI is InChI=1S/C14H17ClF2O3S/c1-3-5-8-21(20)12-9(4-2)10(13(18)19)6-7-11(12)14(15,16)17/h6-7H,3-5,8H2,1-2H3,(H,18,19)/t21-/m0/s1. The Balaban J connectivity index is 3.55. The molecule has 0 aliphatic rings. The molecule has 0 saturated heterocycles. The highest BCUT2D eigenvalue weighted by atomic mass is 35.5. The fourth-order valence-electron chi connectivity index (χ4n) is 2.04. The van der Waals surface area contributed by atoms with Crippen LogP contribution in [0.4, 0.5) is 8.78 Å². The molecule has 1 aromatic rings. The van der Waals surface area contributed by atoms with E-state index in [1.807, 2.05) is 6.92 Å². The highest BCUT2D eigenvalue weighted by molar-refractivity contribution is 7.85. The Kier molecular flexibility index (Phi) is 6.28. The number of halogens is 3. The number of unbranched alkanes of at least 4 members (excludes halogenated alkanes) is 1. The number of carboxylic acid groups (broad SMARTS) is 1. The average molecular weight is 339 g/mol. The molecule has 0 aliphatic heterocycles. The van der Waals surface area contributed by atoms with Gasteiger partial charge in [0, 0.05) is 5.75 Å². The fraction of sp³-hybridized carbons (Fsp3) is 0.500. The minimum absolute atomic E-state index is 0.109. The lowest BCUT2D eigenvalue weighted by atomic mass is 10.0. The van der Waals surface area contributed by atoms with E-state index in [1.165, 1.54) is 0 Å². The van der Waals surface area contributed by atoms with Crippen LogP contribution in [-0.4, -0.2) is 21.0 Å². The van der Waals surface area contributed by atoms with Crippen LogP contribution in [0.25, 0.3) is 0 Å². The molecule has 21 heavy (non-hydrogen) atoms. The van der Waals surface area contributed by atoms with Gasteiger partial charge in [0.25, 0.3) is 0 Å². The van der Waals surface area contributed by atoms with Crippen molar-refractivity contribution in [2.75, 3.05) is 5.75 Å². The van der Waals surface area contributed by atoms with Crippen LogP contribution in [0.3, 0.4) is 0 Å². The summed E-state index contributed by atoms with van der Waals surface area (Å²) in [4.78, 5) is 11.1. The van der Waals surface area contributed by atoms with Gasteiger partial charge >= 0.3 is 11.4 Å². The molecule has 1 aromatic carbocycles. The van der Waals surface area contributed by atoms with Gasteiger partial charge in [-0.1, -0.05) is 20.3 Å². The van der Waals surface area contributed by atoms with E-state index in [-0.39, 0.29) is 28.2 Å². The predicted octanol–water partition coefficient (Wildman–Crippen LogP) is 4.14. The summed E-state index contributed by atoms with van der Waals surface area (Å²) in [5.74, 6) is -1.03. The first kappa shape index (κ1) is 18.0. The molecule has 1 atom stereocenters. The second-order valence-electron chi connectivity index (χ2n) is 4.53. The largest absolute Gasteiger partial charge is 0.478 e. The third kappa shape index (κ3) is 4.23. The first-order valence-electron chi connectivity index (χ1n) is 6.58. The Morgan fingerprint density at radius 2 is 2.00 bits per heavy atom. The van der Waals surface area contributed by atoms with Crippen molar-refractivity contribution in [2.24, 2.45) is 0 Å². The minimum Gasteiger partial charge on any atom is -0.478 e. The van der Waals surface area contributed by atoms with Gasteiger partial charge in [0.15, 0.2) is 0 Å². The van der Waals surface area contributed by atoms with Crippen molar-refractivity contribution in [1.29, 1.82) is 0 Å². The lowest BCUT2D eigenvalue weighted by Gasteiger charge is -2.18. The lowest BCUT2D eigenvalue weighted by Crippen LogP contribution is -2.16. The van der Waals surface area contributed by atoms with Gasteiger partial charge in [-0.05, 0) is 42.1 Å². The Labute approximate surface area is 129 Å². The maximum Gasteiger partial charge on any atom is 0.349 e. The maximum absolute atomic E-state index is 13.5. The molecule has 118 valence electrons. The summed E-state index contributed by atoms with van der Waals surface area (Å²) in [5, 5.41) is 5.47. The van der Waals surface area contributed by atoms with E-state index in [4.69, 9.17) is 16.7 Å². The number of hydrogen-bond acceptors (Lipinski definition) is 2. The molecule has 0 heterocycles. The first-order chi connectivity index (χ1) is 9.73. The van der Waals surface area contributed by atoms with Crippen molar-refractivity contribution in [1.82, 2.24) is 0 Å². The predicted molar refractivity (Wildman–Crippen MR) is 78.7 cm³/mol. The third-order valence-corrected chi connectivity index (χ3v) is 4.85. The van der Waals surface area contributed by atoms with Crippen LogP contribution in [0.15, 0.2) is 17.0 Å². The van der Waals surface area contributed by atoms with E-state index in [1.54, 1.807) is 6.92 Å². The lowest BCUT2D eigenvalue weighted by molar-refractivity contribution is 0.0692. The van der Waals surface area contributed by atoms with E-state index in [0.29, 0.717) is 6.42 Å². The molecule has 3 nitrogen and oxygen atoms in total. The Morgan fingerprint density at radius 3 is 2.43 bits per heavy atom. The molecule has 0 aromatic heterocycles. The van der Waals surface area contributed by atoms with E-state index < -0.39 is 27.7 Å². The summed E-state index contributed by atoms with van der Waals surface area (Å²) in [6, 6.07) is 2.04. The third-order valence-electron chi connectivity index (χ3n) is 3.06. The molecule has 0 radical (unpaired) electrons. The smallest absolute Gasteiger partial charge is 0.349 e. The highest BCUT2D eigenvalue weighted by Crippen LogP contribution is 2.38. The van der Waals surface area contributed by atoms with Crippen molar-refractivity contribution in [3.8, 4) is 0 Å². The second-order valence-corrected chi connectivity index (χ2v) is 6.51. The first-order valence-corrected chi connectivity index (χ1v) is 8.28. The number of carbonyl (C=O) groups is 1. The van der Waals surface area contributed by atoms with Gasteiger partial charge in [-0.15, -0.1) is 0 Å². The van der Waals surface area contributed by atoms with Crippen LogP contribution in [0, 0.1) is 0 Å². The summed E-state index contributed by atoms with van der Waals surface area (Å²) >= 11 is 5.09. The number of hydrogen-bond donors (Lipinski definition) is 1. The van der Waals surface area contributed by atoms with Gasteiger partial charge in [0.05, 0.1) is 26.8 Å². The summed E-state index contributed by atoms with van der Waals surface area (Å²) in [6.45, 7) is 3.53. The number of benzene rings is 1. The normalized spacial score (nSPS) is 13.2. The summed E-state index contributed by atoms with van der Waals surface area (Å²) in [5.41, 5.74) is -0.516. The van der Waals surface area contributed by atoms with Crippen LogP contribution >= 0.6 is 11.6 Å². The van der Waals surface area contributed by atoms with Gasteiger partial charge < -0.3 is 5.11 Å². The fourth-order valence-corrected chi connectivity index (χ4v) is 3.98. The number of alkyl halides is 3. The van der Waals surface area contributed by atoms with E-state index >= 15 is 0 Å². The maximum atomic E-state index is 13.5. The van der Waals surface area contributed by atoms with Gasteiger partial charge in [-0.3, -0.25) is 4.21 Å². The van der Waals surface area contributed by atoms with Crippen molar-refractivity contribution in [3.05, 3.63) is 28.8 Å².